The summed E-state index contributed by atoms with van der Waals surface area (Å²) in [4.78, 5) is 25.0. The zero-order valence-electron chi connectivity index (χ0n) is 15.9. The molecule has 0 heterocycles. The molecule has 144 valence electrons. The fraction of sp³-hybridized carbons (Fsp3) is 0.364. The number of carbonyl (C=O) groups excluding carboxylic acids is 2. The lowest BCUT2D eigenvalue weighted by Gasteiger charge is -2.22. The number of amides is 2. The lowest BCUT2D eigenvalue weighted by molar-refractivity contribution is -0.129. The van der Waals surface area contributed by atoms with E-state index in [1.807, 2.05) is 67.6 Å². The number of nitrogens with one attached hydrogen (secondary N) is 2. The summed E-state index contributed by atoms with van der Waals surface area (Å²) in [5.74, 6) is -0.458. The zero-order chi connectivity index (χ0) is 19.6. The molecule has 27 heavy (non-hydrogen) atoms. The molecule has 2 rings (SSSR count). The largest absolute Gasteiger partial charge is 0.393 e. The molecule has 0 aliphatic carbocycles. The summed E-state index contributed by atoms with van der Waals surface area (Å²) in [7, 11) is 0. The Balaban J connectivity index is 2.05. The van der Waals surface area contributed by atoms with Crippen LogP contribution in [-0.2, 0) is 16.0 Å². The quantitative estimate of drug-likeness (QED) is 0.637. The van der Waals surface area contributed by atoms with Gasteiger partial charge in [-0.15, -0.1) is 0 Å². The standard InChI is InChI=1S/C22H28N2O3/c1-16(25)13-14-21(26)24-20(15-18-9-5-3-6-10-18)22(27)23-17(2)19-11-7-4-8-12-19/h3-12,16-17,20,25H,13-15H2,1-2H3,(H,23,27)(H,24,26)/t16-,17+,20-/m0/s1. The summed E-state index contributed by atoms with van der Waals surface area (Å²) < 4.78 is 0. The molecular weight excluding hydrogens is 340 g/mol. The highest BCUT2D eigenvalue weighted by Gasteiger charge is 2.23. The molecule has 0 unspecified atom stereocenters. The van der Waals surface area contributed by atoms with Crippen molar-refractivity contribution < 1.29 is 14.7 Å². The van der Waals surface area contributed by atoms with Crippen LogP contribution in [0.25, 0.3) is 0 Å². The molecule has 0 aromatic heterocycles. The van der Waals surface area contributed by atoms with Crippen molar-refractivity contribution in [3.05, 3.63) is 71.8 Å². The Labute approximate surface area is 160 Å². The molecule has 5 nitrogen and oxygen atoms in total. The van der Waals surface area contributed by atoms with Gasteiger partial charge in [-0.25, -0.2) is 0 Å². The van der Waals surface area contributed by atoms with Gasteiger partial charge in [0.25, 0.3) is 0 Å². The number of rotatable bonds is 9. The van der Waals surface area contributed by atoms with E-state index in [4.69, 9.17) is 0 Å². The number of aliphatic hydroxyl groups is 1. The predicted octanol–water partition coefficient (Wildman–Crippen LogP) is 2.75. The Morgan fingerprint density at radius 3 is 2.11 bits per heavy atom. The fourth-order valence-corrected chi connectivity index (χ4v) is 2.80. The van der Waals surface area contributed by atoms with Crippen LogP contribution in [0.3, 0.4) is 0 Å². The van der Waals surface area contributed by atoms with E-state index in [-0.39, 0.29) is 24.3 Å². The molecule has 0 radical (unpaired) electrons. The SMILES string of the molecule is C[C@H](O)CCC(=O)N[C@@H](Cc1ccccc1)C(=O)N[C@H](C)c1ccccc1. The van der Waals surface area contributed by atoms with Crippen molar-refractivity contribution in [2.75, 3.05) is 0 Å². The summed E-state index contributed by atoms with van der Waals surface area (Å²) in [5, 5.41) is 15.2. The lowest BCUT2D eigenvalue weighted by atomic mass is 10.0. The van der Waals surface area contributed by atoms with Crippen LogP contribution in [-0.4, -0.2) is 29.1 Å². The maximum atomic E-state index is 12.8. The van der Waals surface area contributed by atoms with Gasteiger partial charge in [0.1, 0.15) is 6.04 Å². The zero-order valence-corrected chi connectivity index (χ0v) is 15.9. The predicted molar refractivity (Wildman–Crippen MR) is 106 cm³/mol. The molecule has 0 bridgehead atoms. The highest BCUT2D eigenvalue weighted by Crippen LogP contribution is 2.12. The minimum Gasteiger partial charge on any atom is -0.393 e. The van der Waals surface area contributed by atoms with E-state index in [9.17, 15) is 14.7 Å². The van der Waals surface area contributed by atoms with Gasteiger partial charge >= 0.3 is 0 Å². The van der Waals surface area contributed by atoms with E-state index >= 15 is 0 Å². The molecule has 0 spiro atoms. The van der Waals surface area contributed by atoms with Crippen molar-refractivity contribution in [3.63, 3.8) is 0 Å². The fourth-order valence-electron chi connectivity index (χ4n) is 2.80. The molecule has 2 amide bonds. The molecule has 0 aliphatic heterocycles. The first kappa shape index (κ1) is 20.6. The molecule has 5 heteroatoms. The number of hydrogen-bond donors (Lipinski definition) is 3. The van der Waals surface area contributed by atoms with Crippen LogP contribution >= 0.6 is 0 Å². The van der Waals surface area contributed by atoms with E-state index in [0.29, 0.717) is 12.8 Å². The minimum absolute atomic E-state index is 0.161. The number of benzene rings is 2. The van der Waals surface area contributed by atoms with Crippen molar-refractivity contribution >= 4 is 11.8 Å². The Hall–Kier alpha value is -2.66. The summed E-state index contributed by atoms with van der Waals surface area (Å²) in [6.07, 6.45) is 0.417. The van der Waals surface area contributed by atoms with Crippen LogP contribution in [0, 0.1) is 0 Å². The van der Waals surface area contributed by atoms with Gasteiger partial charge in [0.05, 0.1) is 12.1 Å². The first-order valence-corrected chi connectivity index (χ1v) is 9.32. The van der Waals surface area contributed by atoms with E-state index in [1.165, 1.54) is 0 Å². The number of aliphatic hydroxyl groups excluding tert-OH is 1. The molecule has 0 fully saturated rings. The monoisotopic (exact) mass is 368 g/mol. The highest BCUT2D eigenvalue weighted by atomic mass is 16.3. The van der Waals surface area contributed by atoms with Gasteiger partial charge in [0.2, 0.25) is 11.8 Å². The van der Waals surface area contributed by atoms with Gasteiger partial charge in [0, 0.05) is 12.8 Å². The summed E-state index contributed by atoms with van der Waals surface area (Å²) >= 11 is 0. The van der Waals surface area contributed by atoms with E-state index in [2.05, 4.69) is 10.6 Å². The topological polar surface area (TPSA) is 78.4 Å². The van der Waals surface area contributed by atoms with Gasteiger partial charge in [-0.3, -0.25) is 9.59 Å². The Morgan fingerprint density at radius 1 is 0.926 bits per heavy atom. The maximum absolute atomic E-state index is 12.8. The van der Waals surface area contributed by atoms with Crippen molar-refractivity contribution in [2.24, 2.45) is 0 Å². The van der Waals surface area contributed by atoms with Gasteiger partial charge in [-0.2, -0.15) is 0 Å². The summed E-state index contributed by atoms with van der Waals surface area (Å²) in [6.45, 7) is 3.56. The van der Waals surface area contributed by atoms with Gasteiger partial charge in [-0.05, 0) is 31.4 Å². The maximum Gasteiger partial charge on any atom is 0.243 e. The van der Waals surface area contributed by atoms with E-state index < -0.39 is 12.1 Å². The second kappa shape index (κ2) is 10.5. The summed E-state index contributed by atoms with van der Waals surface area (Å²) in [5.41, 5.74) is 1.98. The average Bonchev–Trinajstić information content (AvgIpc) is 2.67. The van der Waals surface area contributed by atoms with E-state index in [0.717, 1.165) is 11.1 Å². The molecule has 3 atom stereocenters. The third-order valence-corrected chi connectivity index (χ3v) is 4.38. The normalized spacial score (nSPS) is 14.0. The molecule has 0 saturated carbocycles. The van der Waals surface area contributed by atoms with Gasteiger partial charge in [0.15, 0.2) is 0 Å². The first-order valence-electron chi connectivity index (χ1n) is 9.32. The molecule has 2 aromatic carbocycles. The van der Waals surface area contributed by atoms with Crippen LogP contribution in [0.1, 0.15) is 43.9 Å². The smallest absolute Gasteiger partial charge is 0.243 e. The third-order valence-electron chi connectivity index (χ3n) is 4.38. The molecule has 0 saturated heterocycles. The molecule has 2 aromatic rings. The summed E-state index contributed by atoms with van der Waals surface area (Å²) in [6, 6.07) is 18.5. The lowest BCUT2D eigenvalue weighted by Crippen LogP contribution is -2.48. The first-order chi connectivity index (χ1) is 13.0. The highest BCUT2D eigenvalue weighted by molar-refractivity contribution is 5.88. The number of hydrogen-bond acceptors (Lipinski definition) is 3. The Morgan fingerprint density at radius 2 is 1.52 bits per heavy atom. The Bertz CT molecular complexity index is 717. The van der Waals surface area contributed by atoms with Crippen molar-refractivity contribution in [1.82, 2.24) is 10.6 Å². The van der Waals surface area contributed by atoms with Gasteiger partial charge in [-0.1, -0.05) is 60.7 Å². The van der Waals surface area contributed by atoms with E-state index in [1.54, 1.807) is 6.92 Å². The van der Waals surface area contributed by atoms with Crippen molar-refractivity contribution in [3.8, 4) is 0 Å². The molecule has 3 N–H and O–H groups in total. The number of carbonyl (C=O) groups is 2. The average molecular weight is 368 g/mol. The Kier molecular flexibility index (Phi) is 8.01. The van der Waals surface area contributed by atoms with Crippen molar-refractivity contribution in [2.45, 2.75) is 51.3 Å². The van der Waals surface area contributed by atoms with Crippen LogP contribution in [0.4, 0.5) is 0 Å². The second-order valence-corrected chi connectivity index (χ2v) is 6.84. The molecule has 0 aliphatic rings. The van der Waals surface area contributed by atoms with Crippen LogP contribution in [0.15, 0.2) is 60.7 Å². The second-order valence-electron chi connectivity index (χ2n) is 6.84. The molecular formula is C22H28N2O3. The van der Waals surface area contributed by atoms with Crippen LogP contribution in [0.5, 0.6) is 0 Å². The van der Waals surface area contributed by atoms with Crippen LogP contribution < -0.4 is 10.6 Å². The van der Waals surface area contributed by atoms with Crippen molar-refractivity contribution in [1.29, 1.82) is 0 Å². The van der Waals surface area contributed by atoms with Crippen LogP contribution in [0.2, 0.25) is 0 Å². The third kappa shape index (κ3) is 7.23. The van der Waals surface area contributed by atoms with Gasteiger partial charge < -0.3 is 15.7 Å². The minimum atomic E-state index is -0.667.